The number of hydrogen-bond donors (Lipinski definition) is 1. The molecular formula is C18H22N2O2. The fourth-order valence-electron chi connectivity index (χ4n) is 2.97. The van der Waals surface area contributed by atoms with Crippen molar-refractivity contribution in [1.29, 1.82) is 0 Å². The highest BCUT2D eigenvalue weighted by molar-refractivity contribution is 5.91. The van der Waals surface area contributed by atoms with Gasteiger partial charge in [0.25, 0.3) is 0 Å². The van der Waals surface area contributed by atoms with Crippen LogP contribution in [0.25, 0.3) is 11.1 Å². The number of carbonyl (C=O) groups excluding carboxylic acids is 1. The van der Waals surface area contributed by atoms with Gasteiger partial charge < -0.3 is 9.73 Å². The van der Waals surface area contributed by atoms with Crippen LogP contribution >= 0.6 is 0 Å². The molecule has 0 atom stereocenters. The number of aromatic nitrogens is 1. The Morgan fingerprint density at radius 3 is 2.73 bits per heavy atom. The van der Waals surface area contributed by atoms with Crippen LogP contribution in [-0.4, -0.2) is 10.9 Å². The average molecular weight is 298 g/mol. The Labute approximate surface area is 130 Å². The molecule has 0 aliphatic heterocycles. The van der Waals surface area contributed by atoms with E-state index in [1.165, 1.54) is 24.0 Å². The van der Waals surface area contributed by atoms with Gasteiger partial charge in [0.05, 0.1) is 0 Å². The molecule has 1 N–H and O–H groups in total. The Hall–Kier alpha value is -2.10. The highest BCUT2D eigenvalue weighted by Gasteiger charge is 2.21. The summed E-state index contributed by atoms with van der Waals surface area (Å²) in [7, 11) is 0. The number of nitrogens with one attached hydrogen (secondary N) is 1. The van der Waals surface area contributed by atoms with Crippen LogP contribution in [0, 0.1) is 12.8 Å². The van der Waals surface area contributed by atoms with Gasteiger partial charge in [0, 0.05) is 35.2 Å². The number of fused-ring (bicyclic) bond motifs is 1. The van der Waals surface area contributed by atoms with E-state index in [1.807, 2.05) is 39.1 Å². The molecule has 2 aromatic rings. The molecule has 0 saturated carbocycles. The van der Waals surface area contributed by atoms with Crippen LogP contribution in [0.1, 0.15) is 43.8 Å². The fourth-order valence-corrected chi connectivity index (χ4v) is 2.97. The van der Waals surface area contributed by atoms with Gasteiger partial charge in [0.1, 0.15) is 17.3 Å². The molecule has 2 heterocycles. The molecule has 1 aliphatic rings. The third-order valence-electron chi connectivity index (χ3n) is 4.18. The van der Waals surface area contributed by atoms with Crippen molar-refractivity contribution in [1.82, 2.24) is 4.98 Å². The first-order valence-corrected chi connectivity index (χ1v) is 7.94. The minimum absolute atomic E-state index is 0.0166. The maximum Gasteiger partial charge on any atom is 0.228 e. The Kier molecular flexibility index (Phi) is 4.01. The second-order valence-electron chi connectivity index (χ2n) is 6.22. The summed E-state index contributed by atoms with van der Waals surface area (Å²) in [6.07, 6.45) is 6.36. The van der Waals surface area contributed by atoms with Gasteiger partial charge in [-0.1, -0.05) is 13.8 Å². The molecule has 1 amide bonds. The van der Waals surface area contributed by atoms with Crippen molar-refractivity contribution in [3.8, 4) is 11.1 Å². The molecule has 0 unspecified atom stereocenters. The maximum absolute atomic E-state index is 11.7. The van der Waals surface area contributed by atoms with E-state index in [2.05, 4.69) is 10.3 Å². The van der Waals surface area contributed by atoms with Gasteiger partial charge in [-0.25, -0.2) is 4.98 Å². The first kappa shape index (κ1) is 14.8. The molecule has 0 fully saturated rings. The number of hydrogen-bond acceptors (Lipinski definition) is 3. The molecular weight excluding hydrogens is 276 g/mol. The summed E-state index contributed by atoms with van der Waals surface area (Å²) in [5, 5.41) is 2.82. The molecule has 0 radical (unpaired) electrons. The summed E-state index contributed by atoms with van der Waals surface area (Å²) in [5.41, 5.74) is 3.58. The summed E-state index contributed by atoms with van der Waals surface area (Å²) in [5.74, 6) is 2.63. The second-order valence-corrected chi connectivity index (χ2v) is 6.22. The lowest BCUT2D eigenvalue weighted by atomic mass is 9.92. The van der Waals surface area contributed by atoms with E-state index in [0.717, 1.165) is 29.9 Å². The lowest BCUT2D eigenvalue weighted by Crippen LogP contribution is -2.18. The molecule has 0 aromatic carbocycles. The number of rotatable bonds is 3. The Balaban J connectivity index is 1.87. The van der Waals surface area contributed by atoms with Crippen molar-refractivity contribution in [2.24, 2.45) is 5.92 Å². The minimum Gasteiger partial charge on any atom is -0.465 e. The van der Waals surface area contributed by atoms with Crippen molar-refractivity contribution >= 4 is 11.7 Å². The number of furan rings is 1. The molecule has 0 bridgehead atoms. The lowest BCUT2D eigenvalue weighted by Gasteiger charge is -2.11. The summed E-state index contributed by atoms with van der Waals surface area (Å²) in [6.45, 7) is 5.75. The molecule has 3 rings (SSSR count). The van der Waals surface area contributed by atoms with Crippen LogP contribution in [0.2, 0.25) is 0 Å². The Bertz CT molecular complexity index is 684. The summed E-state index contributed by atoms with van der Waals surface area (Å²) < 4.78 is 5.92. The molecule has 4 nitrogen and oxygen atoms in total. The van der Waals surface area contributed by atoms with Crippen LogP contribution < -0.4 is 5.32 Å². The summed E-state index contributed by atoms with van der Waals surface area (Å²) in [4.78, 5) is 16.1. The van der Waals surface area contributed by atoms with Crippen molar-refractivity contribution in [3.63, 3.8) is 0 Å². The summed E-state index contributed by atoms with van der Waals surface area (Å²) in [6, 6.07) is 3.87. The van der Waals surface area contributed by atoms with E-state index in [0.29, 0.717) is 5.82 Å². The van der Waals surface area contributed by atoms with Gasteiger partial charge >= 0.3 is 0 Å². The largest absolute Gasteiger partial charge is 0.465 e. The predicted molar refractivity (Wildman–Crippen MR) is 86.8 cm³/mol. The molecule has 0 spiro atoms. The molecule has 22 heavy (non-hydrogen) atoms. The predicted octanol–water partition coefficient (Wildman–Crippen LogP) is 4.12. The molecule has 4 heteroatoms. The smallest absolute Gasteiger partial charge is 0.228 e. The van der Waals surface area contributed by atoms with Crippen molar-refractivity contribution in [2.75, 3.05) is 5.32 Å². The number of carbonyl (C=O) groups is 1. The van der Waals surface area contributed by atoms with Crippen LogP contribution in [0.3, 0.4) is 0 Å². The standard InChI is InChI=1S/C18H22N2O2/c1-11(2)18(21)20-16-9-8-13(10-19-16)17-12(3)22-15-7-5-4-6-14(15)17/h8-11H,4-7H2,1-3H3,(H,19,20,21). The van der Waals surface area contributed by atoms with E-state index in [9.17, 15) is 4.79 Å². The Morgan fingerprint density at radius 2 is 2.05 bits per heavy atom. The normalized spacial score (nSPS) is 14.0. The quantitative estimate of drug-likeness (QED) is 0.927. The van der Waals surface area contributed by atoms with Gasteiger partial charge in [-0.2, -0.15) is 0 Å². The minimum atomic E-state index is -0.0513. The van der Waals surface area contributed by atoms with Gasteiger partial charge in [-0.05, 0) is 38.3 Å². The van der Waals surface area contributed by atoms with Crippen LogP contribution in [-0.2, 0) is 17.6 Å². The van der Waals surface area contributed by atoms with Crippen LogP contribution in [0.5, 0.6) is 0 Å². The maximum atomic E-state index is 11.7. The first-order valence-electron chi connectivity index (χ1n) is 7.94. The molecule has 1 aliphatic carbocycles. The average Bonchev–Trinajstić information content (AvgIpc) is 2.84. The number of aryl methyl sites for hydroxylation is 2. The fraction of sp³-hybridized carbons (Fsp3) is 0.444. The van der Waals surface area contributed by atoms with E-state index in [-0.39, 0.29) is 11.8 Å². The van der Waals surface area contributed by atoms with E-state index >= 15 is 0 Å². The number of anilines is 1. The zero-order valence-electron chi connectivity index (χ0n) is 13.4. The van der Waals surface area contributed by atoms with E-state index in [4.69, 9.17) is 4.42 Å². The lowest BCUT2D eigenvalue weighted by molar-refractivity contribution is -0.118. The van der Waals surface area contributed by atoms with Crippen molar-refractivity contribution in [3.05, 3.63) is 35.4 Å². The monoisotopic (exact) mass is 298 g/mol. The highest BCUT2D eigenvalue weighted by atomic mass is 16.3. The molecule has 2 aromatic heterocycles. The van der Waals surface area contributed by atoms with E-state index in [1.54, 1.807) is 0 Å². The third kappa shape index (κ3) is 2.78. The van der Waals surface area contributed by atoms with E-state index < -0.39 is 0 Å². The summed E-state index contributed by atoms with van der Waals surface area (Å²) >= 11 is 0. The van der Waals surface area contributed by atoms with Gasteiger partial charge in [-0.3, -0.25) is 4.79 Å². The third-order valence-corrected chi connectivity index (χ3v) is 4.18. The SMILES string of the molecule is Cc1oc2c(c1-c1ccc(NC(=O)C(C)C)nc1)CCCC2. The number of pyridine rings is 1. The molecule has 0 saturated heterocycles. The van der Waals surface area contributed by atoms with Gasteiger partial charge in [-0.15, -0.1) is 0 Å². The number of nitrogens with zero attached hydrogens (tertiary/aromatic N) is 1. The van der Waals surface area contributed by atoms with Gasteiger partial charge in [0.2, 0.25) is 5.91 Å². The van der Waals surface area contributed by atoms with Gasteiger partial charge in [0.15, 0.2) is 0 Å². The first-order chi connectivity index (χ1) is 10.6. The number of amides is 1. The Morgan fingerprint density at radius 1 is 1.27 bits per heavy atom. The molecule has 116 valence electrons. The topological polar surface area (TPSA) is 55.1 Å². The van der Waals surface area contributed by atoms with Crippen molar-refractivity contribution < 1.29 is 9.21 Å². The van der Waals surface area contributed by atoms with Crippen molar-refractivity contribution in [2.45, 2.75) is 46.5 Å². The zero-order chi connectivity index (χ0) is 15.7. The highest BCUT2D eigenvalue weighted by Crippen LogP contribution is 2.36. The van der Waals surface area contributed by atoms with Crippen LogP contribution in [0.4, 0.5) is 5.82 Å². The second kappa shape index (κ2) is 5.95. The van der Waals surface area contributed by atoms with Crippen LogP contribution in [0.15, 0.2) is 22.7 Å². The zero-order valence-corrected chi connectivity index (χ0v) is 13.4.